The molecule has 0 aliphatic rings. The number of ether oxygens (including phenoxy) is 2. The molecular formula is C20H23NO6S2. The van der Waals surface area contributed by atoms with E-state index in [0.717, 1.165) is 9.20 Å². The van der Waals surface area contributed by atoms with Gasteiger partial charge in [0.25, 0.3) is 10.0 Å². The number of anilines is 1. The summed E-state index contributed by atoms with van der Waals surface area (Å²) in [5, 5.41) is 0. The van der Waals surface area contributed by atoms with Crippen LogP contribution in [-0.4, -0.2) is 46.9 Å². The highest BCUT2D eigenvalue weighted by molar-refractivity contribution is 7.98. The van der Waals surface area contributed by atoms with Gasteiger partial charge in [0.2, 0.25) is 0 Å². The average molecular weight is 438 g/mol. The number of esters is 2. The van der Waals surface area contributed by atoms with Crippen molar-refractivity contribution in [3.63, 3.8) is 0 Å². The average Bonchev–Trinajstić information content (AvgIpc) is 2.72. The van der Waals surface area contributed by atoms with Crippen LogP contribution in [0.2, 0.25) is 0 Å². The summed E-state index contributed by atoms with van der Waals surface area (Å²) < 4.78 is 37.3. The predicted octanol–water partition coefficient (Wildman–Crippen LogP) is 3.26. The van der Waals surface area contributed by atoms with Crippen LogP contribution < -0.4 is 4.31 Å². The van der Waals surface area contributed by atoms with E-state index in [1.165, 1.54) is 37.1 Å². The van der Waals surface area contributed by atoms with Crippen LogP contribution in [0.15, 0.2) is 52.3 Å². The van der Waals surface area contributed by atoms with Gasteiger partial charge in [0.05, 0.1) is 29.9 Å². The van der Waals surface area contributed by atoms with E-state index in [4.69, 9.17) is 4.74 Å². The van der Waals surface area contributed by atoms with E-state index >= 15 is 0 Å². The summed E-state index contributed by atoms with van der Waals surface area (Å²) in [6.45, 7) is 3.03. The quantitative estimate of drug-likeness (QED) is 0.462. The standard InChI is InChI=1S/C20H23NO6S2/c1-5-27-20(23)15-7-6-14(2)18(12-15)21(13-19(22)26-3)29(24,25)17-10-8-16(28-4)9-11-17/h6-12H,5,13H2,1-4H3. The first kappa shape index (κ1) is 22.8. The lowest BCUT2D eigenvalue weighted by molar-refractivity contribution is -0.138. The molecule has 0 aliphatic carbocycles. The van der Waals surface area contributed by atoms with Crippen molar-refractivity contribution >= 4 is 39.4 Å². The summed E-state index contributed by atoms with van der Waals surface area (Å²) in [7, 11) is -2.91. The molecule has 0 amide bonds. The lowest BCUT2D eigenvalue weighted by Gasteiger charge is -2.25. The number of aryl methyl sites for hydroxylation is 1. The Morgan fingerprint density at radius 2 is 1.76 bits per heavy atom. The van der Waals surface area contributed by atoms with Crippen molar-refractivity contribution in [2.45, 2.75) is 23.6 Å². The van der Waals surface area contributed by atoms with Gasteiger partial charge in [-0.2, -0.15) is 0 Å². The van der Waals surface area contributed by atoms with E-state index in [1.807, 2.05) is 6.26 Å². The van der Waals surface area contributed by atoms with Gasteiger partial charge >= 0.3 is 11.9 Å². The molecule has 2 aromatic carbocycles. The first-order chi connectivity index (χ1) is 13.7. The molecule has 0 spiro atoms. The zero-order valence-corrected chi connectivity index (χ0v) is 18.3. The normalized spacial score (nSPS) is 11.0. The van der Waals surface area contributed by atoms with Crippen molar-refractivity contribution in [2.75, 3.05) is 30.8 Å². The molecule has 0 N–H and O–H groups in total. The van der Waals surface area contributed by atoms with Gasteiger partial charge in [-0.15, -0.1) is 11.8 Å². The molecule has 0 unspecified atom stereocenters. The second-order valence-corrected chi connectivity index (χ2v) is 8.73. The van der Waals surface area contributed by atoms with Gasteiger partial charge in [-0.05, 0) is 62.1 Å². The van der Waals surface area contributed by atoms with Gasteiger partial charge in [-0.25, -0.2) is 13.2 Å². The lowest BCUT2D eigenvalue weighted by Crippen LogP contribution is -2.37. The SMILES string of the molecule is CCOC(=O)c1ccc(C)c(N(CC(=O)OC)S(=O)(=O)c2ccc(SC)cc2)c1. The van der Waals surface area contributed by atoms with Crippen LogP contribution >= 0.6 is 11.8 Å². The fourth-order valence-electron chi connectivity index (χ4n) is 2.58. The Bertz CT molecular complexity index is 987. The monoisotopic (exact) mass is 437 g/mol. The number of benzene rings is 2. The van der Waals surface area contributed by atoms with E-state index in [2.05, 4.69) is 4.74 Å². The fourth-order valence-corrected chi connectivity index (χ4v) is 4.45. The number of carbonyl (C=O) groups excluding carboxylic acids is 2. The van der Waals surface area contributed by atoms with E-state index in [-0.39, 0.29) is 22.8 Å². The lowest BCUT2D eigenvalue weighted by atomic mass is 10.1. The molecular weight excluding hydrogens is 414 g/mol. The summed E-state index contributed by atoms with van der Waals surface area (Å²) in [6.07, 6.45) is 1.89. The Kier molecular flexibility index (Phi) is 7.69. The molecule has 29 heavy (non-hydrogen) atoms. The topological polar surface area (TPSA) is 90.0 Å². The predicted molar refractivity (Wildman–Crippen MR) is 112 cm³/mol. The molecule has 2 aromatic rings. The maximum absolute atomic E-state index is 13.3. The number of hydrogen-bond donors (Lipinski definition) is 0. The fraction of sp³-hybridized carbons (Fsp3) is 0.300. The second kappa shape index (κ2) is 9.80. The van der Waals surface area contributed by atoms with Crippen LogP contribution in [0.1, 0.15) is 22.8 Å². The van der Waals surface area contributed by atoms with Gasteiger partial charge in [0.1, 0.15) is 6.54 Å². The Morgan fingerprint density at radius 3 is 2.31 bits per heavy atom. The Hall–Kier alpha value is -2.52. The third-order valence-corrected chi connectivity index (χ3v) is 6.65. The number of rotatable bonds is 8. The molecule has 0 radical (unpaired) electrons. The van der Waals surface area contributed by atoms with E-state index in [0.29, 0.717) is 5.56 Å². The molecule has 2 rings (SSSR count). The molecule has 0 heterocycles. The van der Waals surface area contributed by atoms with Crippen LogP contribution in [0, 0.1) is 6.92 Å². The number of carbonyl (C=O) groups is 2. The van der Waals surface area contributed by atoms with Crippen molar-refractivity contribution in [3.05, 3.63) is 53.6 Å². The number of nitrogens with zero attached hydrogens (tertiary/aromatic N) is 1. The van der Waals surface area contributed by atoms with Crippen LogP contribution in [0.3, 0.4) is 0 Å². The molecule has 9 heteroatoms. The molecule has 0 aliphatic heterocycles. The van der Waals surface area contributed by atoms with Crippen LogP contribution in [0.25, 0.3) is 0 Å². The van der Waals surface area contributed by atoms with E-state index in [1.54, 1.807) is 38.1 Å². The molecule has 0 bridgehead atoms. The summed E-state index contributed by atoms with van der Waals surface area (Å²) in [5.41, 5.74) is 0.969. The number of hydrogen-bond acceptors (Lipinski definition) is 7. The van der Waals surface area contributed by atoms with Crippen molar-refractivity contribution in [1.29, 1.82) is 0 Å². The van der Waals surface area contributed by atoms with Crippen molar-refractivity contribution in [2.24, 2.45) is 0 Å². The minimum atomic E-state index is -4.09. The summed E-state index contributed by atoms with van der Waals surface area (Å²) >= 11 is 1.49. The van der Waals surface area contributed by atoms with Gasteiger partial charge in [-0.1, -0.05) is 6.07 Å². The molecule has 0 fully saturated rings. The summed E-state index contributed by atoms with van der Waals surface area (Å²) in [4.78, 5) is 25.0. The van der Waals surface area contributed by atoms with Crippen molar-refractivity contribution in [1.82, 2.24) is 0 Å². The maximum atomic E-state index is 13.3. The molecule has 0 atom stereocenters. The number of thioether (sulfide) groups is 1. The maximum Gasteiger partial charge on any atom is 0.338 e. The van der Waals surface area contributed by atoms with E-state index < -0.39 is 28.5 Å². The van der Waals surface area contributed by atoms with Crippen LogP contribution in [0.4, 0.5) is 5.69 Å². The first-order valence-electron chi connectivity index (χ1n) is 8.76. The Morgan fingerprint density at radius 1 is 1.10 bits per heavy atom. The zero-order chi connectivity index (χ0) is 21.6. The first-order valence-corrected chi connectivity index (χ1v) is 11.4. The van der Waals surface area contributed by atoms with Gasteiger partial charge in [0.15, 0.2) is 0 Å². The van der Waals surface area contributed by atoms with Crippen molar-refractivity contribution < 1.29 is 27.5 Å². The molecule has 0 saturated carbocycles. The summed E-state index contributed by atoms with van der Waals surface area (Å²) in [6, 6.07) is 10.9. The zero-order valence-electron chi connectivity index (χ0n) is 16.7. The van der Waals surface area contributed by atoms with E-state index in [9.17, 15) is 18.0 Å². The molecule has 7 nitrogen and oxygen atoms in total. The largest absolute Gasteiger partial charge is 0.468 e. The highest BCUT2D eigenvalue weighted by Crippen LogP contribution is 2.29. The minimum Gasteiger partial charge on any atom is -0.468 e. The minimum absolute atomic E-state index is 0.0279. The molecule has 0 aromatic heterocycles. The highest BCUT2D eigenvalue weighted by Gasteiger charge is 2.29. The molecule has 0 saturated heterocycles. The Balaban J connectivity index is 2.59. The summed E-state index contributed by atoms with van der Waals surface area (Å²) in [5.74, 6) is -1.30. The number of sulfonamides is 1. The Labute approximate surface area is 175 Å². The molecule has 156 valence electrons. The van der Waals surface area contributed by atoms with Crippen molar-refractivity contribution in [3.8, 4) is 0 Å². The third kappa shape index (κ3) is 5.30. The smallest absolute Gasteiger partial charge is 0.338 e. The van der Waals surface area contributed by atoms with Gasteiger partial charge in [0, 0.05) is 4.90 Å². The highest BCUT2D eigenvalue weighted by atomic mass is 32.2. The van der Waals surface area contributed by atoms with Gasteiger partial charge in [-0.3, -0.25) is 9.10 Å². The van der Waals surface area contributed by atoms with Crippen LogP contribution in [0.5, 0.6) is 0 Å². The second-order valence-electron chi connectivity index (χ2n) is 5.99. The number of methoxy groups -OCH3 is 1. The van der Waals surface area contributed by atoms with Gasteiger partial charge < -0.3 is 9.47 Å². The van der Waals surface area contributed by atoms with Crippen LogP contribution in [-0.2, 0) is 24.3 Å². The third-order valence-electron chi connectivity index (χ3n) is 4.14.